The molecule has 1 heterocycles. The molecule has 0 bridgehead atoms. The third kappa shape index (κ3) is 2.91. The van der Waals surface area contributed by atoms with Crippen LogP contribution in [0.4, 0.5) is 0 Å². The fraction of sp³-hybridized carbons (Fsp3) is 0.214. The van der Waals surface area contributed by atoms with Crippen LogP contribution in [0.5, 0.6) is 23.0 Å². The molecule has 0 spiro atoms. The molecule has 0 saturated heterocycles. The Hall–Kier alpha value is -4.30. The van der Waals surface area contributed by atoms with E-state index < -0.39 is 23.0 Å². The second kappa shape index (κ2) is 8.42. The molecular weight excluding hydrogens is 464 g/mol. The van der Waals surface area contributed by atoms with Gasteiger partial charge in [0.25, 0.3) is 0 Å². The predicted molar refractivity (Wildman–Crippen MR) is 129 cm³/mol. The van der Waals surface area contributed by atoms with E-state index in [2.05, 4.69) is 0 Å². The minimum absolute atomic E-state index is 0.0963. The van der Waals surface area contributed by atoms with Crippen LogP contribution in [0.1, 0.15) is 16.7 Å². The first-order chi connectivity index (χ1) is 17.4. The van der Waals surface area contributed by atoms with E-state index in [9.17, 15) is 14.7 Å². The minimum Gasteiger partial charge on any atom is -0.497 e. The van der Waals surface area contributed by atoms with Gasteiger partial charge >= 0.3 is 5.97 Å². The zero-order valence-corrected chi connectivity index (χ0v) is 20.2. The number of aliphatic hydroxyl groups is 1. The van der Waals surface area contributed by atoms with Crippen LogP contribution in [0.2, 0.25) is 0 Å². The first kappa shape index (κ1) is 23.4. The maximum Gasteiger partial charge on any atom is 0.342 e. The number of ether oxygens (including phenoxy) is 5. The number of carbonyl (C=O) groups excluding carboxylic acids is 2. The van der Waals surface area contributed by atoms with Crippen molar-refractivity contribution >= 4 is 17.3 Å². The summed E-state index contributed by atoms with van der Waals surface area (Å²) in [7, 11) is 5.62. The van der Waals surface area contributed by atoms with E-state index in [0.717, 1.165) is 0 Å². The molecule has 8 heteroatoms. The lowest BCUT2D eigenvalue weighted by Gasteiger charge is -2.37. The molecule has 8 nitrogen and oxygen atoms in total. The molecule has 5 rings (SSSR count). The average Bonchev–Trinajstić information content (AvgIpc) is 3.30. The van der Waals surface area contributed by atoms with E-state index in [0.29, 0.717) is 22.6 Å². The standard InChI is InChI=1S/C28H24O8/c1-32-18-12-10-17(11-13-18)28-23(16-8-6-5-7-9-16)22(26(30)35-4)25(29)27(28,31)24-20(34-3)14-19(33-2)15-21(24)36-28/h5-15,31H,1-4H3/t27-,28-/m0/s1. The third-order valence-corrected chi connectivity index (χ3v) is 6.74. The summed E-state index contributed by atoms with van der Waals surface area (Å²) in [6, 6.07) is 18.7. The molecule has 1 aliphatic heterocycles. The molecule has 0 saturated carbocycles. The molecule has 2 atom stereocenters. The van der Waals surface area contributed by atoms with Gasteiger partial charge in [0.2, 0.25) is 17.0 Å². The van der Waals surface area contributed by atoms with Crippen LogP contribution in [0.25, 0.3) is 5.57 Å². The monoisotopic (exact) mass is 488 g/mol. The largest absolute Gasteiger partial charge is 0.497 e. The van der Waals surface area contributed by atoms with Crippen molar-refractivity contribution in [1.29, 1.82) is 0 Å². The summed E-state index contributed by atoms with van der Waals surface area (Å²) >= 11 is 0. The highest BCUT2D eigenvalue weighted by molar-refractivity contribution is 6.31. The van der Waals surface area contributed by atoms with Gasteiger partial charge < -0.3 is 28.8 Å². The smallest absolute Gasteiger partial charge is 0.342 e. The lowest BCUT2D eigenvalue weighted by atomic mass is 9.72. The molecule has 1 aliphatic carbocycles. The van der Waals surface area contributed by atoms with E-state index in [1.54, 1.807) is 60.7 Å². The first-order valence-electron chi connectivity index (χ1n) is 11.1. The number of ketones is 1. The first-order valence-corrected chi connectivity index (χ1v) is 11.1. The lowest BCUT2D eigenvalue weighted by molar-refractivity contribution is -0.149. The topological polar surface area (TPSA) is 101 Å². The fourth-order valence-corrected chi connectivity index (χ4v) is 5.16. The van der Waals surface area contributed by atoms with Gasteiger partial charge in [-0.05, 0) is 17.7 Å². The highest BCUT2D eigenvalue weighted by Gasteiger charge is 2.74. The Morgan fingerprint density at radius 2 is 1.53 bits per heavy atom. The molecule has 0 radical (unpaired) electrons. The van der Waals surface area contributed by atoms with E-state index in [1.165, 1.54) is 28.4 Å². The van der Waals surface area contributed by atoms with Crippen LogP contribution in [0, 0.1) is 0 Å². The lowest BCUT2D eigenvalue weighted by Crippen LogP contribution is -2.50. The molecule has 3 aromatic rings. The maximum atomic E-state index is 14.2. The molecule has 0 aromatic heterocycles. The Morgan fingerprint density at radius 3 is 2.11 bits per heavy atom. The van der Waals surface area contributed by atoms with Crippen molar-refractivity contribution in [3.05, 3.63) is 89.0 Å². The summed E-state index contributed by atoms with van der Waals surface area (Å²) < 4.78 is 27.9. The summed E-state index contributed by atoms with van der Waals surface area (Å²) in [5.41, 5.74) is -3.29. The van der Waals surface area contributed by atoms with Crippen molar-refractivity contribution in [3.63, 3.8) is 0 Å². The number of esters is 1. The van der Waals surface area contributed by atoms with Gasteiger partial charge in [0.1, 0.15) is 28.6 Å². The normalized spacial score (nSPS) is 22.0. The van der Waals surface area contributed by atoms with E-state index in [-0.39, 0.29) is 28.2 Å². The Bertz CT molecular complexity index is 1390. The highest BCUT2D eigenvalue weighted by atomic mass is 16.5. The molecule has 36 heavy (non-hydrogen) atoms. The number of carbonyl (C=O) groups is 2. The number of rotatable bonds is 6. The van der Waals surface area contributed by atoms with Crippen molar-refractivity contribution in [1.82, 2.24) is 0 Å². The van der Waals surface area contributed by atoms with Crippen molar-refractivity contribution in [2.75, 3.05) is 28.4 Å². The van der Waals surface area contributed by atoms with Gasteiger partial charge in [0, 0.05) is 23.3 Å². The summed E-state index contributed by atoms with van der Waals surface area (Å²) in [6.45, 7) is 0. The second-order valence-electron chi connectivity index (χ2n) is 8.36. The quantitative estimate of drug-likeness (QED) is 0.416. The molecular formula is C28H24O8. The Kier molecular flexibility index (Phi) is 5.49. The molecule has 3 aromatic carbocycles. The Labute approximate surface area is 207 Å². The number of methoxy groups -OCH3 is 4. The molecule has 0 unspecified atom stereocenters. The van der Waals surface area contributed by atoms with Gasteiger partial charge in [-0.25, -0.2) is 4.79 Å². The number of hydrogen-bond acceptors (Lipinski definition) is 8. The van der Waals surface area contributed by atoms with Gasteiger partial charge in [-0.3, -0.25) is 4.79 Å². The van der Waals surface area contributed by atoms with Crippen LogP contribution in [-0.4, -0.2) is 45.3 Å². The average molecular weight is 488 g/mol. The summed E-state index contributed by atoms with van der Waals surface area (Å²) in [6.07, 6.45) is 0. The van der Waals surface area contributed by atoms with Gasteiger partial charge in [0.15, 0.2) is 0 Å². The molecule has 184 valence electrons. The number of fused-ring (bicyclic) bond motifs is 3. The van der Waals surface area contributed by atoms with E-state index in [1.807, 2.05) is 6.07 Å². The molecule has 0 fully saturated rings. The number of Topliss-reactive ketones (excluding diaryl/α,β-unsaturated/α-hetero) is 1. The van der Waals surface area contributed by atoms with Crippen LogP contribution < -0.4 is 18.9 Å². The van der Waals surface area contributed by atoms with E-state index >= 15 is 0 Å². The van der Waals surface area contributed by atoms with Crippen LogP contribution in [-0.2, 0) is 25.5 Å². The Morgan fingerprint density at radius 1 is 0.861 bits per heavy atom. The molecule has 1 N–H and O–H groups in total. The zero-order chi connectivity index (χ0) is 25.7. The minimum atomic E-state index is -2.36. The fourth-order valence-electron chi connectivity index (χ4n) is 5.16. The number of hydrogen-bond donors (Lipinski definition) is 1. The Balaban J connectivity index is 1.93. The van der Waals surface area contributed by atoms with Gasteiger partial charge in [0.05, 0.1) is 34.0 Å². The van der Waals surface area contributed by atoms with E-state index in [4.69, 9.17) is 23.7 Å². The van der Waals surface area contributed by atoms with Crippen molar-refractivity contribution in [3.8, 4) is 23.0 Å². The van der Waals surface area contributed by atoms with Crippen LogP contribution >= 0.6 is 0 Å². The van der Waals surface area contributed by atoms with Crippen LogP contribution in [0.15, 0.2) is 72.3 Å². The summed E-state index contributed by atoms with van der Waals surface area (Å²) in [5, 5.41) is 12.5. The third-order valence-electron chi connectivity index (χ3n) is 6.74. The molecule has 2 aliphatic rings. The van der Waals surface area contributed by atoms with Gasteiger partial charge in [-0.2, -0.15) is 0 Å². The van der Waals surface area contributed by atoms with Crippen molar-refractivity contribution < 1.29 is 38.4 Å². The van der Waals surface area contributed by atoms with Crippen molar-refractivity contribution in [2.45, 2.75) is 11.2 Å². The number of benzene rings is 3. The summed E-state index contributed by atoms with van der Waals surface area (Å²) in [5.74, 6) is -0.399. The second-order valence-corrected chi connectivity index (χ2v) is 8.36. The zero-order valence-electron chi connectivity index (χ0n) is 20.2. The highest BCUT2D eigenvalue weighted by Crippen LogP contribution is 2.66. The van der Waals surface area contributed by atoms with Crippen LogP contribution in [0.3, 0.4) is 0 Å². The predicted octanol–water partition coefficient (Wildman–Crippen LogP) is 3.40. The van der Waals surface area contributed by atoms with Crippen molar-refractivity contribution in [2.24, 2.45) is 0 Å². The van der Waals surface area contributed by atoms with Gasteiger partial charge in [-0.15, -0.1) is 0 Å². The maximum absolute atomic E-state index is 14.2. The summed E-state index contributed by atoms with van der Waals surface area (Å²) in [4.78, 5) is 27.3. The van der Waals surface area contributed by atoms with Gasteiger partial charge in [-0.1, -0.05) is 42.5 Å². The SMILES string of the molecule is COC(=O)C1=C(c2ccccc2)[C@]2(c3ccc(OC)cc3)Oc3cc(OC)cc(OC)c3[C@]2(O)C1=O. The molecule has 0 amide bonds.